The Hall–Kier alpha value is -2.07. The molecule has 33 heavy (non-hydrogen) atoms. The number of benzene rings is 2. The molecule has 2 aliphatic heterocycles. The van der Waals surface area contributed by atoms with E-state index in [9.17, 15) is 4.39 Å². The van der Waals surface area contributed by atoms with E-state index in [0.717, 1.165) is 76.0 Å². The first-order chi connectivity index (χ1) is 15.7. The molecule has 0 atom stereocenters. The molecule has 0 saturated carbocycles. The van der Waals surface area contributed by atoms with Crippen molar-refractivity contribution < 1.29 is 9.13 Å². The molecule has 2 aliphatic rings. The molecule has 0 unspecified atom stereocenters. The van der Waals surface area contributed by atoms with Gasteiger partial charge in [-0.1, -0.05) is 25.1 Å². The number of ether oxygens (including phenoxy) is 1. The minimum absolute atomic E-state index is 0. The van der Waals surface area contributed by atoms with Crippen molar-refractivity contribution in [2.75, 3.05) is 57.8 Å². The van der Waals surface area contributed by atoms with Crippen molar-refractivity contribution in [1.29, 1.82) is 0 Å². The van der Waals surface area contributed by atoms with Gasteiger partial charge in [0.15, 0.2) is 5.96 Å². The number of piperazine rings is 1. The van der Waals surface area contributed by atoms with Crippen molar-refractivity contribution in [3.63, 3.8) is 0 Å². The normalized spacial score (nSPS) is 16.1. The molecule has 1 saturated heterocycles. The fraction of sp³-hybridized carbons (Fsp3) is 0.480. The maximum absolute atomic E-state index is 14.8. The number of hydrogen-bond donors (Lipinski definition) is 2. The Morgan fingerprint density at radius 2 is 1.85 bits per heavy atom. The second-order valence-corrected chi connectivity index (χ2v) is 8.35. The number of anilines is 1. The van der Waals surface area contributed by atoms with E-state index in [4.69, 9.17) is 4.74 Å². The first kappa shape index (κ1) is 25.6. The van der Waals surface area contributed by atoms with E-state index >= 15 is 0 Å². The summed E-state index contributed by atoms with van der Waals surface area (Å²) < 4.78 is 20.3. The van der Waals surface area contributed by atoms with Crippen LogP contribution in [-0.4, -0.2) is 63.8 Å². The van der Waals surface area contributed by atoms with Crippen LogP contribution in [0.3, 0.4) is 0 Å². The minimum atomic E-state index is -0.155. The minimum Gasteiger partial charge on any atom is -0.493 e. The Labute approximate surface area is 213 Å². The van der Waals surface area contributed by atoms with Gasteiger partial charge in [-0.3, -0.25) is 4.99 Å². The summed E-state index contributed by atoms with van der Waals surface area (Å²) in [5, 5.41) is 6.63. The van der Waals surface area contributed by atoms with Crippen LogP contribution in [0.25, 0.3) is 0 Å². The summed E-state index contributed by atoms with van der Waals surface area (Å²) in [6.07, 6.45) is 1.90. The van der Waals surface area contributed by atoms with Crippen LogP contribution in [0.2, 0.25) is 0 Å². The molecule has 6 nitrogen and oxygen atoms in total. The van der Waals surface area contributed by atoms with Gasteiger partial charge in [0, 0.05) is 52.7 Å². The van der Waals surface area contributed by atoms with Crippen LogP contribution in [0.1, 0.15) is 23.6 Å². The first-order valence-electron chi connectivity index (χ1n) is 11.6. The molecule has 8 heteroatoms. The highest BCUT2D eigenvalue weighted by molar-refractivity contribution is 14.0. The third-order valence-electron chi connectivity index (χ3n) is 6.32. The molecule has 0 spiro atoms. The van der Waals surface area contributed by atoms with Crippen molar-refractivity contribution >= 4 is 35.6 Å². The van der Waals surface area contributed by atoms with E-state index in [1.807, 2.05) is 12.1 Å². The third-order valence-corrected chi connectivity index (χ3v) is 6.32. The Balaban J connectivity index is 0.00000306. The summed E-state index contributed by atoms with van der Waals surface area (Å²) in [5.41, 5.74) is 4.18. The largest absolute Gasteiger partial charge is 0.493 e. The highest BCUT2D eigenvalue weighted by atomic mass is 127. The molecular formula is C25H35FIN5O. The van der Waals surface area contributed by atoms with Gasteiger partial charge < -0.3 is 25.2 Å². The van der Waals surface area contributed by atoms with Crippen molar-refractivity contribution in [2.45, 2.75) is 26.3 Å². The lowest BCUT2D eigenvalue weighted by Crippen LogP contribution is -2.46. The van der Waals surface area contributed by atoms with Gasteiger partial charge in [0.2, 0.25) is 0 Å². The molecule has 2 aromatic rings. The molecule has 0 radical (unpaired) electrons. The molecule has 2 heterocycles. The number of nitrogens with zero attached hydrogens (tertiary/aromatic N) is 3. The fourth-order valence-electron chi connectivity index (χ4n) is 4.35. The molecule has 1 fully saturated rings. The van der Waals surface area contributed by atoms with Gasteiger partial charge in [-0.15, -0.1) is 24.0 Å². The van der Waals surface area contributed by atoms with Gasteiger partial charge >= 0.3 is 0 Å². The quantitative estimate of drug-likeness (QED) is 0.305. The lowest BCUT2D eigenvalue weighted by atomic mass is 10.1. The highest BCUT2D eigenvalue weighted by Gasteiger charge is 2.18. The smallest absolute Gasteiger partial charge is 0.191 e. The van der Waals surface area contributed by atoms with E-state index in [1.54, 1.807) is 13.1 Å². The number of rotatable bonds is 7. The lowest BCUT2D eigenvalue weighted by molar-refractivity contribution is 0.270. The standard InChI is InChI=1S/C25H34FN5O.HI/c1-3-30-11-13-31(14-12-30)23-6-4-20(17-22(23)26)18-29-25(27-2)28-10-8-19-5-7-24-21(16-19)9-15-32-24;/h4-7,16-17H,3,8-15,18H2,1-2H3,(H2,27,28,29);1H. The van der Waals surface area contributed by atoms with E-state index in [2.05, 4.69) is 50.5 Å². The SMILES string of the molecule is CCN1CCN(c2ccc(CNC(=NC)NCCc3ccc4c(c3)CCO4)cc2F)CC1.I. The van der Waals surface area contributed by atoms with Gasteiger partial charge in [0.25, 0.3) is 0 Å². The van der Waals surface area contributed by atoms with Crippen LogP contribution in [0.4, 0.5) is 10.1 Å². The van der Waals surface area contributed by atoms with Crippen molar-refractivity contribution in [3.05, 3.63) is 58.9 Å². The van der Waals surface area contributed by atoms with Crippen molar-refractivity contribution in [3.8, 4) is 5.75 Å². The number of fused-ring (bicyclic) bond motifs is 1. The summed E-state index contributed by atoms with van der Waals surface area (Å²) in [6, 6.07) is 11.9. The summed E-state index contributed by atoms with van der Waals surface area (Å²) in [4.78, 5) is 8.82. The molecule has 2 N–H and O–H groups in total. The van der Waals surface area contributed by atoms with Crippen LogP contribution in [0.5, 0.6) is 5.75 Å². The highest BCUT2D eigenvalue weighted by Crippen LogP contribution is 2.26. The van der Waals surface area contributed by atoms with Crippen molar-refractivity contribution in [2.24, 2.45) is 4.99 Å². The lowest BCUT2D eigenvalue weighted by Gasteiger charge is -2.35. The van der Waals surface area contributed by atoms with Crippen molar-refractivity contribution in [1.82, 2.24) is 15.5 Å². The summed E-state index contributed by atoms with van der Waals surface area (Å²) in [7, 11) is 1.75. The molecule has 4 rings (SSSR count). The van der Waals surface area contributed by atoms with E-state index in [0.29, 0.717) is 12.2 Å². The summed E-state index contributed by atoms with van der Waals surface area (Å²) >= 11 is 0. The maximum Gasteiger partial charge on any atom is 0.191 e. The van der Waals surface area contributed by atoms with Crippen LogP contribution < -0.4 is 20.3 Å². The van der Waals surface area contributed by atoms with Crippen LogP contribution >= 0.6 is 24.0 Å². The molecule has 2 aromatic carbocycles. The van der Waals surface area contributed by atoms with Gasteiger partial charge in [-0.2, -0.15) is 0 Å². The summed E-state index contributed by atoms with van der Waals surface area (Å²) in [6.45, 7) is 9.02. The molecular weight excluding hydrogens is 532 g/mol. The Morgan fingerprint density at radius 3 is 2.58 bits per heavy atom. The zero-order chi connectivity index (χ0) is 22.3. The monoisotopic (exact) mass is 567 g/mol. The predicted octanol–water partition coefficient (Wildman–Crippen LogP) is 3.43. The van der Waals surface area contributed by atoms with Gasteiger partial charge in [0.05, 0.1) is 12.3 Å². The first-order valence-corrected chi connectivity index (χ1v) is 11.6. The number of hydrogen-bond acceptors (Lipinski definition) is 4. The average Bonchev–Trinajstić information content (AvgIpc) is 3.29. The zero-order valence-corrected chi connectivity index (χ0v) is 21.9. The van der Waals surface area contributed by atoms with E-state index < -0.39 is 0 Å². The second-order valence-electron chi connectivity index (χ2n) is 8.35. The molecule has 180 valence electrons. The molecule has 0 amide bonds. The molecule has 0 aliphatic carbocycles. The molecule has 0 bridgehead atoms. The van der Waals surface area contributed by atoms with Crippen LogP contribution in [0, 0.1) is 5.82 Å². The summed E-state index contributed by atoms with van der Waals surface area (Å²) in [5.74, 6) is 1.58. The zero-order valence-electron chi connectivity index (χ0n) is 19.6. The van der Waals surface area contributed by atoms with E-state index in [-0.39, 0.29) is 29.8 Å². The number of aliphatic imine (C=N–C) groups is 1. The van der Waals surface area contributed by atoms with E-state index in [1.165, 1.54) is 11.1 Å². The Bertz CT molecular complexity index is 946. The topological polar surface area (TPSA) is 52.1 Å². The Kier molecular flexibility index (Phi) is 9.61. The Morgan fingerprint density at radius 1 is 1.06 bits per heavy atom. The van der Waals surface area contributed by atoms with Gasteiger partial charge in [-0.05, 0) is 47.9 Å². The number of halogens is 2. The van der Waals surface area contributed by atoms with Gasteiger partial charge in [0.1, 0.15) is 11.6 Å². The van der Waals surface area contributed by atoms with Crippen LogP contribution in [0.15, 0.2) is 41.4 Å². The average molecular weight is 567 g/mol. The number of nitrogens with one attached hydrogen (secondary N) is 2. The third kappa shape index (κ3) is 6.72. The maximum atomic E-state index is 14.8. The van der Waals surface area contributed by atoms with Gasteiger partial charge in [-0.25, -0.2) is 4.39 Å². The fourth-order valence-corrected chi connectivity index (χ4v) is 4.35. The van der Waals surface area contributed by atoms with Crippen LogP contribution in [-0.2, 0) is 19.4 Å². The number of likely N-dealkylation sites (N-methyl/N-ethyl adjacent to an activating group) is 1. The predicted molar refractivity (Wildman–Crippen MR) is 144 cm³/mol. The molecule has 0 aromatic heterocycles. The second kappa shape index (κ2) is 12.4. The number of guanidine groups is 1.